The van der Waals surface area contributed by atoms with E-state index in [-0.39, 0.29) is 5.56 Å². The maximum absolute atomic E-state index is 13.4. The fraction of sp³-hybridized carbons (Fsp3) is 0. The second-order valence-electron chi connectivity index (χ2n) is 4.13. The van der Waals surface area contributed by atoms with Crippen LogP contribution in [0.5, 0.6) is 5.75 Å². The maximum Gasteiger partial charge on any atom is 0.343 e. The topological polar surface area (TPSA) is 55.4 Å². The van der Waals surface area contributed by atoms with Crippen molar-refractivity contribution in [2.45, 2.75) is 0 Å². The Kier molecular flexibility index (Phi) is 4.58. The fourth-order valence-corrected chi connectivity index (χ4v) is 1.60. The van der Waals surface area contributed by atoms with Gasteiger partial charge in [-0.15, -0.1) is 0 Å². The molecule has 0 heterocycles. The number of halogens is 5. The van der Waals surface area contributed by atoms with Crippen molar-refractivity contribution in [3.05, 3.63) is 58.9 Å². The number of hydrogen-bond donors (Lipinski definition) is 1. The molecular formula is C14H6F5NO3. The van der Waals surface area contributed by atoms with E-state index in [1.807, 2.05) is 0 Å². The molecule has 0 aliphatic carbocycles. The van der Waals surface area contributed by atoms with E-state index in [1.54, 1.807) is 0 Å². The lowest BCUT2D eigenvalue weighted by Crippen LogP contribution is -2.13. The monoisotopic (exact) mass is 331 g/mol. The molecule has 0 saturated heterocycles. The van der Waals surface area contributed by atoms with E-state index < -0.39 is 40.8 Å². The SMILES string of the molecule is O=CNc1ccc(C(=O)Oc2c(F)c(F)c(F)c(F)c2F)cc1. The molecule has 0 atom stereocenters. The van der Waals surface area contributed by atoms with E-state index in [2.05, 4.69) is 10.1 Å². The summed E-state index contributed by atoms with van der Waals surface area (Å²) in [6.07, 6.45) is 0.377. The van der Waals surface area contributed by atoms with Gasteiger partial charge in [0.1, 0.15) is 0 Å². The Morgan fingerprint density at radius 1 is 0.870 bits per heavy atom. The highest BCUT2D eigenvalue weighted by Crippen LogP contribution is 2.29. The van der Waals surface area contributed by atoms with Crippen LogP contribution in [-0.4, -0.2) is 12.4 Å². The maximum atomic E-state index is 13.4. The van der Waals surface area contributed by atoms with Crippen LogP contribution in [0.3, 0.4) is 0 Å². The second kappa shape index (κ2) is 6.42. The molecule has 23 heavy (non-hydrogen) atoms. The van der Waals surface area contributed by atoms with Gasteiger partial charge < -0.3 is 10.1 Å². The summed E-state index contributed by atoms with van der Waals surface area (Å²) in [7, 11) is 0. The number of esters is 1. The number of nitrogens with one attached hydrogen (secondary N) is 1. The molecule has 0 bridgehead atoms. The number of rotatable bonds is 4. The number of benzene rings is 2. The third-order valence-corrected chi connectivity index (χ3v) is 2.71. The van der Waals surface area contributed by atoms with E-state index in [1.165, 1.54) is 12.1 Å². The Balaban J connectivity index is 2.32. The molecular weight excluding hydrogens is 325 g/mol. The standard InChI is InChI=1S/C14H6F5NO3/c15-8-9(16)11(18)13(12(19)10(8)17)23-14(22)6-1-3-7(4-2-6)20-5-21/h1-5H,(H,20,21). The summed E-state index contributed by atoms with van der Waals surface area (Å²) in [5, 5.41) is 2.27. The van der Waals surface area contributed by atoms with Crippen LogP contribution >= 0.6 is 0 Å². The highest BCUT2D eigenvalue weighted by atomic mass is 19.2. The molecule has 2 aromatic carbocycles. The van der Waals surface area contributed by atoms with Crippen LogP contribution < -0.4 is 10.1 Å². The van der Waals surface area contributed by atoms with Crippen LogP contribution in [0.4, 0.5) is 27.6 Å². The van der Waals surface area contributed by atoms with Gasteiger partial charge in [0.2, 0.25) is 41.2 Å². The summed E-state index contributed by atoms with van der Waals surface area (Å²) in [6, 6.07) is 4.79. The molecule has 1 N–H and O–H groups in total. The molecule has 0 unspecified atom stereocenters. The fourth-order valence-electron chi connectivity index (χ4n) is 1.60. The first-order valence-electron chi connectivity index (χ1n) is 5.90. The Morgan fingerprint density at radius 2 is 1.35 bits per heavy atom. The van der Waals surface area contributed by atoms with Crippen molar-refractivity contribution in [3.8, 4) is 5.75 Å². The van der Waals surface area contributed by atoms with Crippen molar-refractivity contribution in [3.63, 3.8) is 0 Å². The van der Waals surface area contributed by atoms with Crippen LogP contribution in [0.1, 0.15) is 10.4 Å². The molecule has 0 aliphatic heterocycles. The quantitative estimate of drug-likeness (QED) is 0.234. The average Bonchev–Trinajstić information content (AvgIpc) is 2.56. The predicted octanol–water partition coefficient (Wildman–Crippen LogP) is 3.17. The highest BCUT2D eigenvalue weighted by Gasteiger charge is 2.28. The van der Waals surface area contributed by atoms with Gasteiger partial charge in [0.25, 0.3) is 0 Å². The third-order valence-electron chi connectivity index (χ3n) is 2.71. The molecule has 4 nitrogen and oxygen atoms in total. The number of ether oxygens (including phenoxy) is 1. The van der Waals surface area contributed by atoms with Gasteiger partial charge in [-0.05, 0) is 24.3 Å². The van der Waals surface area contributed by atoms with Crippen molar-refractivity contribution >= 4 is 18.1 Å². The zero-order valence-electron chi connectivity index (χ0n) is 11.0. The van der Waals surface area contributed by atoms with Gasteiger partial charge in [0.05, 0.1) is 5.56 Å². The molecule has 0 aromatic heterocycles. The molecule has 0 spiro atoms. The molecule has 2 aromatic rings. The molecule has 0 aliphatic rings. The Bertz CT molecular complexity index is 748. The summed E-state index contributed by atoms with van der Waals surface area (Å²) in [6.45, 7) is 0. The van der Waals surface area contributed by atoms with Crippen molar-refractivity contribution < 1.29 is 36.3 Å². The molecule has 2 rings (SSSR count). The van der Waals surface area contributed by atoms with E-state index in [4.69, 9.17) is 0 Å². The zero-order valence-corrected chi connectivity index (χ0v) is 11.0. The minimum absolute atomic E-state index is 0.231. The molecule has 0 radical (unpaired) electrons. The van der Waals surface area contributed by atoms with E-state index in [0.717, 1.165) is 12.1 Å². The number of hydrogen-bond acceptors (Lipinski definition) is 3. The Hall–Kier alpha value is -2.97. The largest absolute Gasteiger partial charge is 0.416 e. The molecule has 1 amide bonds. The van der Waals surface area contributed by atoms with Crippen molar-refractivity contribution in [1.29, 1.82) is 0 Å². The number of carbonyl (C=O) groups is 2. The summed E-state index contributed by atoms with van der Waals surface area (Å²) in [5.74, 6) is -14.4. The molecule has 120 valence electrons. The minimum Gasteiger partial charge on any atom is -0.416 e. The van der Waals surface area contributed by atoms with Crippen LogP contribution in [0, 0.1) is 29.1 Å². The van der Waals surface area contributed by atoms with Crippen molar-refractivity contribution in [2.75, 3.05) is 5.32 Å². The normalized spacial score (nSPS) is 10.3. The first kappa shape index (κ1) is 16.4. The van der Waals surface area contributed by atoms with Crippen LogP contribution in [-0.2, 0) is 4.79 Å². The van der Waals surface area contributed by atoms with E-state index in [0.29, 0.717) is 12.1 Å². The Labute approximate surface area is 125 Å². The van der Waals surface area contributed by atoms with Gasteiger partial charge in [-0.1, -0.05) is 0 Å². The Morgan fingerprint density at radius 3 is 1.83 bits per heavy atom. The summed E-state index contributed by atoms with van der Waals surface area (Å²) in [4.78, 5) is 21.9. The molecule has 0 saturated carbocycles. The van der Waals surface area contributed by atoms with Crippen molar-refractivity contribution in [2.24, 2.45) is 0 Å². The smallest absolute Gasteiger partial charge is 0.343 e. The zero-order chi connectivity index (χ0) is 17.1. The van der Waals surface area contributed by atoms with Gasteiger partial charge >= 0.3 is 5.97 Å². The van der Waals surface area contributed by atoms with Gasteiger partial charge in [-0.3, -0.25) is 4.79 Å². The van der Waals surface area contributed by atoms with Gasteiger partial charge in [-0.25, -0.2) is 18.0 Å². The van der Waals surface area contributed by atoms with E-state index in [9.17, 15) is 31.5 Å². The van der Waals surface area contributed by atoms with Gasteiger partial charge in [-0.2, -0.15) is 8.78 Å². The lowest BCUT2D eigenvalue weighted by Gasteiger charge is -2.09. The number of amides is 1. The summed E-state index contributed by atoms with van der Waals surface area (Å²) in [5.41, 5.74) is 0.0816. The lowest BCUT2D eigenvalue weighted by molar-refractivity contribution is -0.105. The number of carbonyl (C=O) groups excluding carboxylic acids is 2. The number of anilines is 1. The average molecular weight is 331 g/mol. The van der Waals surface area contributed by atoms with Crippen molar-refractivity contribution in [1.82, 2.24) is 0 Å². The van der Waals surface area contributed by atoms with Crippen LogP contribution in [0.25, 0.3) is 0 Å². The summed E-state index contributed by atoms with van der Waals surface area (Å²) >= 11 is 0. The molecule has 9 heteroatoms. The van der Waals surface area contributed by atoms with Gasteiger partial charge in [0.15, 0.2) is 0 Å². The summed E-state index contributed by atoms with van der Waals surface area (Å²) < 4.78 is 69.9. The first-order chi connectivity index (χ1) is 10.9. The van der Waals surface area contributed by atoms with Crippen LogP contribution in [0.15, 0.2) is 24.3 Å². The van der Waals surface area contributed by atoms with Crippen LogP contribution in [0.2, 0.25) is 0 Å². The van der Waals surface area contributed by atoms with Gasteiger partial charge in [0, 0.05) is 5.69 Å². The highest BCUT2D eigenvalue weighted by molar-refractivity contribution is 5.91. The lowest BCUT2D eigenvalue weighted by atomic mass is 10.2. The van der Waals surface area contributed by atoms with E-state index >= 15 is 0 Å². The molecule has 0 fully saturated rings. The first-order valence-corrected chi connectivity index (χ1v) is 5.90. The second-order valence-corrected chi connectivity index (χ2v) is 4.13. The predicted molar refractivity (Wildman–Crippen MR) is 67.3 cm³/mol. The minimum atomic E-state index is -2.36. The third kappa shape index (κ3) is 3.12.